The lowest BCUT2D eigenvalue weighted by molar-refractivity contribution is -0.111. The summed E-state index contributed by atoms with van der Waals surface area (Å²) >= 11 is 0. The average Bonchev–Trinajstić information content (AvgIpc) is 2.70. The number of hydrogen-bond donors (Lipinski definition) is 1. The molecule has 0 spiro atoms. The van der Waals surface area contributed by atoms with Crippen LogP contribution < -0.4 is 5.32 Å². The second-order valence-corrected chi connectivity index (χ2v) is 6.86. The van der Waals surface area contributed by atoms with Crippen molar-refractivity contribution in [3.63, 3.8) is 0 Å². The fourth-order valence-electron chi connectivity index (χ4n) is 2.43. The summed E-state index contributed by atoms with van der Waals surface area (Å²) in [4.78, 5) is 12.1. The predicted molar refractivity (Wildman–Crippen MR) is 95.5 cm³/mol. The summed E-state index contributed by atoms with van der Waals surface area (Å²) in [5.74, 6) is -0.142. The summed E-state index contributed by atoms with van der Waals surface area (Å²) < 4.78 is 1.82. The molecule has 1 heterocycles. The molecule has 1 aromatic carbocycles. The van der Waals surface area contributed by atoms with Crippen LogP contribution in [0, 0.1) is 13.8 Å². The van der Waals surface area contributed by atoms with Gasteiger partial charge in [0.2, 0.25) is 5.91 Å². The number of carbonyl (C=O) groups is 1. The van der Waals surface area contributed by atoms with E-state index in [1.54, 1.807) is 6.08 Å². The van der Waals surface area contributed by atoms with Gasteiger partial charge in [0.15, 0.2) is 0 Å². The second-order valence-electron chi connectivity index (χ2n) is 6.86. The Labute approximate surface area is 138 Å². The molecule has 0 saturated heterocycles. The zero-order chi connectivity index (χ0) is 17.2. The molecule has 2 aromatic rings. The zero-order valence-electron chi connectivity index (χ0n) is 14.8. The first-order valence-corrected chi connectivity index (χ1v) is 7.78. The van der Waals surface area contributed by atoms with Gasteiger partial charge in [-0.05, 0) is 43.0 Å². The van der Waals surface area contributed by atoms with Crippen molar-refractivity contribution in [1.29, 1.82) is 0 Å². The predicted octanol–water partition coefficient (Wildman–Crippen LogP) is 3.99. The highest BCUT2D eigenvalue weighted by Gasteiger charge is 2.13. The van der Waals surface area contributed by atoms with E-state index < -0.39 is 0 Å². The molecule has 0 aliphatic heterocycles. The fraction of sp³-hybridized carbons (Fsp3) is 0.368. The van der Waals surface area contributed by atoms with Crippen LogP contribution in [-0.4, -0.2) is 15.7 Å². The third-order valence-corrected chi connectivity index (χ3v) is 3.98. The number of amides is 1. The van der Waals surface area contributed by atoms with Gasteiger partial charge in [-0.2, -0.15) is 5.10 Å². The molecule has 0 radical (unpaired) electrons. The number of anilines is 1. The number of hydrogen-bond acceptors (Lipinski definition) is 2. The largest absolute Gasteiger partial charge is 0.323 e. The summed E-state index contributed by atoms with van der Waals surface area (Å²) in [6.07, 6.45) is 3.37. The van der Waals surface area contributed by atoms with Gasteiger partial charge in [0.05, 0.1) is 5.69 Å². The van der Waals surface area contributed by atoms with Crippen LogP contribution in [0.5, 0.6) is 0 Å². The van der Waals surface area contributed by atoms with Crippen LogP contribution in [0.4, 0.5) is 5.69 Å². The summed E-state index contributed by atoms with van der Waals surface area (Å²) in [7, 11) is 1.90. The molecule has 0 saturated carbocycles. The van der Waals surface area contributed by atoms with Crippen LogP contribution in [0.1, 0.15) is 43.3 Å². The molecule has 4 nitrogen and oxygen atoms in total. The van der Waals surface area contributed by atoms with E-state index in [-0.39, 0.29) is 11.3 Å². The third kappa shape index (κ3) is 4.09. The molecule has 1 aromatic heterocycles. The third-order valence-electron chi connectivity index (χ3n) is 3.98. The van der Waals surface area contributed by atoms with Crippen LogP contribution >= 0.6 is 0 Å². The minimum absolute atomic E-state index is 0.109. The fourth-order valence-corrected chi connectivity index (χ4v) is 2.43. The van der Waals surface area contributed by atoms with E-state index in [2.05, 4.69) is 43.3 Å². The van der Waals surface area contributed by atoms with Crippen LogP contribution in [-0.2, 0) is 17.3 Å². The molecule has 23 heavy (non-hydrogen) atoms. The van der Waals surface area contributed by atoms with Gasteiger partial charge in [-0.3, -0.25) is 9.48 Å². The Morgan fingerprint density at radius 1 is 1.17 bits per heavy atom. The molecule has 1 N–H and O–H groups in total. The first-order chi connectivity index (χ1) is 10.7. The maximum Gasteiger partial charge on any atom is 0.248 e. The number of benzene rings is 1. The van der Waals surface area contributed by atoms with Crippen molar-refractivity contribution in [2.75, 3.05) is 5.32 Å². The molecule has 4 heteroatoms. The van der Waals surface area contributed by atoms with Crippen molar-refractivity contribution < 1.29 is 4.79 Å². The SMILES string of the molecule is Cc1nn(C)c(C)c1/C=C/C(=O)Nc1ccc(C(C)(C)C)cc1. The van der Waals surface area contributed by atoms with Crippen LogP contribution in [0.2, 0.25) is 0 Å². The lowest BCUT2D eigenvalue weighted by atomic mass is 9.87. The Hall–Kier alpha value is -2.36. The van der Waals surface area contributed by atoms with E-state index in [0.717, 1.165) is 22.6 Å². The van der Waals surface area contributed by atoms with E-state index in [4.69, 9.17) is 0 Å². The first-order valence-electron chi connectivity index (χ1n) is 7.78. The summed E-state index contributed by atoms with van der Waals surface area (Å²) in [5.41, 5.74) is 5.10. The Balaban J connectivity index is 2.06. The van der Waals surface area contributed by atoms with Gasteiger partial charge in [0.25, 0.3) is 0 Å². The maximum atomic E-state index is 12.1. The van der Waals surface area contributed by atoms with Gasteiger partial charge < -0.3 is 5.32 Å². The maximum absolute atomic E-state index is 12.1. The number of carbonyl (C=O) groups excluding carboxylic acids is 1. The zero-order valence-corrected chi connectivity index (χ0v) is 14.8. The molecule has 0 unspecified atom stereocenters. The second kappa shape index (κ2) is 6.41. The van der Waals surface area contributed by atoms with Gasteiger partial charge in [-0.15, -0.1) is 0 Å². The number of aryl methyl sites for hydroxylation is 2. The van der Waals surface area contributed by atoms with Crippen molar-refractivity contribution in [1.82, 2.24) is 9.78 Å². The highest BCUT2D eigenvalue weighted by molar-refractivity contribution is 6.02. The van der Waals surface area contributed by atoms with Gasteiger partial charge in [0, 0.05) is 30.1 Å². The van der Waals surface area contributed by atoms with Gasteiger partial charge in [-0.25, -0.2) is 0 Å². The summed E-state index contributed by atoms with van der Waals surface area (Å²) in [5, 5.41) is 7.22. The van der Waals surface area contributed by atoms with Crippen molar-refractivity contribution in [2.45, 2.75) is 40.0 Å². The minimum Gasteiger partial charge on any atom is -0.323 e. The number of nitrogens with zero attached hydrogens (tertiary/aromatic N) is 2. The number of rotatable bonds is 3. The smallest absolute Gasteiger partial charge is 0.248 e. The van der Waals surface area contributed by atoms with Gasteiger partial charge in [0.1, 0.15) is 0 Å². The van der Waals surface area contributed by atoms with Crippen molar-refractivity contribution in [2.24, 2.45) is 7.05 Å². The van der Waals surface area contributed by atoms with Gasteiger partial charge in [-0.1, -0.05) is 32.9 Å². The Morgan fingerprint density at radius 3 is 2.26 bits per heavy atom. The van der Waals surface area contributed by atoms with E-state index in [9.17, 15) is 4.79 Å². The molecule has 2 rings (SSSR count). The highest BCUT2D eigenvalue weighted by Crippen LogP contribution is 2.23. The molecular formula is C19H25N3O. The van der Waals surface area contributed by atoms with Gasteiger partial charge >= 0.3 is 0 Å². The molecule has 0 aliphatic carbocycles. The first kappa shape index (κ1) is 17.0. The topological polar surface area (TPSA) is 46.9 Å². The molecule has 0 bridgehead atoms. The normalized spacial score (nSPS) is 11.9. The average molecular weight is 311 g/mol. The number of nitrogens with one attached hydrogen (secondary N) is 1. The van der Waals surface area contributed by atoms with Crippen LogP contribution in [0.15, 0.2) is 30.3 Å². The Bertz CT molecular complexity index is 731. The monoisotopic (exact) mass is 311 g/mol. The molecular weight excluding hydrogens is 286 g/mol. The number of aromatic nitrogens is 2. The quantitative estimate of drug-likeness (QED) is 0.871. The minimum atomic E-state index is -0.142. The van der Waals surface area contributed by atoms with E-state index in [0.29, 0.717) is 0 Å². The Kier molecular flexibility index (Phi) is 4.73. The Morgan fingerprint density at radius 2 is 1.78 bits per heavy atom. The van der Waals surface area contributed by atoms with Crippen molar-refractivity contribution in [3.05, 3.63) is 52.9 Å². The summed E-state index contributed by atoms with van der Waals surface area (Å²) in [6, 6.07) is 7.98. The molecule has 0 fully saturated rings. The van der Waals surface area contributed by atoms with E-state index in [1.165, 1.54) is 5.56 Å². The van der Waals surface area contributed by atoms with E-state index >= 15 is 0 Å². The standard InChI is InChI=1S/C19H25N3O/c1-13-17(14(2)22(6)21-13)11-12-18(23)20-16-9-7-15(8-10-16)19(3,4)5/h7-12H,1-6H3,(H,20,23)/b12-11+. The van der Waals surface area contributed by atoms with Crippen molar-refractivity contribution in [3.8, 4) is 0 Å². The highest BCUT2D eigenvalue weighted by atomic mass is 16.1. The van der Waals surface area contributed by atoms with Crippen molar-refractivity contribution >= 4 is 17.7 Å². The lowest BCUT2D eigenvalue weighted by Gasteiger charge is -2.19. The van der Waals surface area contributed by atoms with Crippen LogP contribution in [0.25, 0.3) is 6.08 Å². The summed E-state index contributed by atoms with van der Waals surface area (Å²) in [6.45, 7) is 10.4. The molecule has 0 atom stereocenters. The lowest BCUT2D eigenvalue weighted by Crippen LogP contribution is -2.12. The van der Waals surface area contributed by atoms with Crippen LogP contribution in [0.3, 0.4) is 0 Å². The molecule has 122 valence electrons. The molecule has 0 aliphatic rings. The van der Waals surface area contributed by atoms with E-state index in [1.807, 2.05) is 43.8 Å². The molecule has 1 amide bonds.